The number of thioether (sulfide) groups is 1. The molecule has 1 atom stereocenters. The molecule has 0 bridgehead atoms. The molecule has 5 rings (SSSR count). The lowest BCUT2D eigenvalue weighted by atomic mass is 10.0. The van der Waals surface area contributed by atoms with E-state index in [-0.39, 0.29) is 11.5 Å². The van der Waals surface area contributed by atoms with Crippen LogP contribution in [0.4, 0.5) is 10.1 Å². The third-order valence-corrected chi connectivity index (χ3v) is 7.85. The van der Waals surface area contributed by atoms with Crippen LogP contribution in [0.3, 0.4) is 0 Å². The van der Waals surface area contributed by atoms with E-state index < -0.39 is 21.3 Å². The summed E-state index contributed by atoms with van der Waals surface area (Å²) in [6, 6.07) is 20.9. The van der Waals surface area contributed by atoms with Gasteiger partial charge in [-0.3, -0.25) is 9.59 Å². The lowest BCUT2D eigenvalue weighted by Crippen LogP contribution is -2.50. The van der Waals surface area contributed by atoms with Crippen molar-refractivity contribution in [1.29, 1.82) is 0 Å². The molecule has 0 saturated carbocycles. The van der Waals surface area contributed by atoms with Crippen LogP contribution >= 0.6 is 23.4 Å². The standard InChI is InChI=1S/C26H22ClFN2O2S/c1-25(2)16-30(23(31)19-10-6-7-11-21(19)28)26(33-25)20-14-18(27)12-13-22(20)29(24(26)32)15-17-8-4-3-5-9-17/h3-14H,15-16H2,1-2H3/t26-/m1/s1. The van der Waals surface area contributed by atoms with Gasteiger partial charge in [-0.2, -0.15) is 0 Å². The maximum absolute atomic E-state index is 14.6. The molecule has 0 aromatic heterocycles. The van der Waals surface area contributed by atoms with E-state index in [4.69, 9.17) is 11.6 Å². The fraction of sp³-hybridized carbons (Fsp3) is 0.231. The van der Waals surface area contributed by atoms with E-state index in [1.165, 1.54) is 28.8 Å². The Balaban J connectivity index is 1.67. The topological polar surface area (TPSA) is 40.6 Å². The van der Waals surface area contributed by atoms with Crippen molar-refractivity contribution in [2.45, 2.75) is 30.0 Å². The quantitative estimate of drug-likeness (QED) is 0.472. The second-order valence-electron chi connectivity index (χ2n) is 8.92. The van der Waals surface area contributed by atoms with Gasteiger partial charge in [-0.15, -0.1) is 11.8 Å². The van der Waals surface area contributed by atoms with Crippen LogP contribution < -0.4 is 4.90 Å². The van der Waals surface area contributed by atoms with Gasteiger partial charge in [0.05, 0.1) is 17.8 Å². The van der Waals surface area contributed by atoms with Crippen LogP contribution in [0.25, 0.3) is 0 Å². The van der Waals surface area contributed by atoms with Gasteiger partial charge >= 0.3 is 0 Å². The Kier molecular flexibility index (Phi) is 5.26. The van der Waals surface area contributed by atoms with E-state index in [0.717, 1.165) is 5.56 Å². The molecule has 1 spiro atoms. The van der Waals surface area contributed by atoms with Crippen LogP contribution in [0.2, 0.25) is 5.02 Å². The third kappa shape index (κ3) is 3.52. The highest BCUT2D eigenvalue weighted by Gasteiger charge is 2.63. The van der Waals surface area contributed by atoms with Crippen molar-refractivity contribution in [1.82, 2.24) is 4.90 Å². The minimum atomic E-state index is -1.32. The summed E-state index contributed by atoms with van der Waals surface area (Å²) in [5.41, 5.74) is 2.30. The van der Waals surface area contributed by atoms with Gasteiger partial charge in [0.1, 0.15) is 5.82 Å². The lowest BCUT2D eigenvalue weighted by molar-refractivity contribution is -0.123. The molecule has 2 aliphatic heterocycles. The van der Waals surface area contributed by atoms with E-state index in [1.807, 2.05) is 50.2 Å². The highest BCUT2D eigenvalue weighted by molar-refractivity contribution is 8.02. The molecular weight excluding hydrogens is 459 g/mol. The zero-order valence-electron chi connectivity index (χ0n) is 18.2. The Morgan fingerprint density at radius 3 is 2.48 bits per heavy atom. The Morgan fingerprint density at radius 1 is 1.06 bits per heavy atom. The number of hydrogen-bond donors (Lipinski definition) is 0. The van der Waals surface area contributed by atoms with Crippen molar-refractivity contribution in [3.8, 4) is 0 Å². The van der Waals surface area contributed by atoms with E-state index in [9.17, 15) is 14.0 Å². The first-order chi connectivity index (χ1) is 15.7. The van der Waals surface area contributed by atoms with E-state index >= 15 is 0 Å². The van der Waals surface area contributed by atoms with Crippen molar-refractivity contribution in [2.75, 3.05) is 11.4 Å². The summed E-state index contributed by atoms with van der Waals surface area (Å²) in [6.45, 7) is 4.64. The smallest absolute Gasteiger partial charge is 0.268 e. The number of hydrogen-bond acceptors (Lipinski definition) is 3. The normalized spacial score (nSPS) is 21.0. The maximum atomic E-state index is 14.6. The largest absolute Gasteiger partial charge is 0.310 e. The SMILES string of the molecule is CC1(C)CN(C(=O)c2ccccc2F)[C@]2(S1)C(=O)N(Cc1ccccc1)c1ccc(Cl)cc12. The van der Waals surface area contributed by atoms with Gasteiger partial charge in [-0.25, -0.2) is 4.39 Å². The number of benzene rings is 3. The zero-order valence-corrected chi connectivity index (χ0v) is 19.8. The van der Waals surface area contributed by atoms with Gasteiger partial charge in [-0.05, 0) is 49.7 Å². The molecule has 3 aromatic rings. The zero-order chi connectivity index (χ0) is 23.4. The first-order valence-corrected chi connectivity index (χ1v) is 11.8. The van der Waals surface area contributed by atoms with Crippen LogP contribution in [0.15, 0.2) is 72.8 Å². The van der Waals surface area contributed by atoms with Crippen LogP contribution in [0.1, 0.15) is 35.3 Å². The van der Waals surface area contributed by atoms with E-state index in [0.29, 0.717) is 29.4 Å². The van der Waals surface area contributed by atoms with Gasteiger partial charge in [0.2, 0.25) is 0 Å². The summed E-state index contributed by atoms with van der Waals surface area (Å²) >= 11 is 7.80. The van der Waals surface area contributed by atoms with Gasteiger partial charge in [-0.1, -0.05) is 54.1 Å². The van der Waals surface area contributed by atoms with E-state index in [1.54, 1.807) is 29.2 Å². The number of fused-ring (bicyclic) bond motifs is 2. The van der Waals surface area contributed by atoms with Gasteiger partial charge in [0.15, 0.2) is 4.87 Å². The third-order valence-electron chi connectivity index (χ3n) is 6.03. The highest BCUT2D eigenvalue weighted by atomic mass is 35.5. The van der Waals surface area contributed by atoms with Gasteiger partial charge < -0.3 is 9.80 Å². The second-order valence-corrected chi connectivity index (χ2v) is 11.3. The lowest BCUT2D eigenvalue weighted by Gasteiger charge is -2.33. The molecule has 2 amide bonds. The van der Waals surface area contributed by atoms with Crippen molar-refractivity contribution in [3.63, 3.8) is 0 Å². The minimum absolute atomic E-state index is 0.0481. The van der Waals surface area contributed by atoms with Crippen LogP contribution in [-0.2, 0) is 16.2 Å². The number of carbonyl (C=O) groups excluding carboxylic acids is 2. The fourth-order valence-corrected chi connectivity index (χ4v) is 6.57. The number of amides is 2. The minimum Gasteiger partial charge on any atom is -0.310 e. The number of halogens is 2. The summed E-state index contributed by atoms with van der Waals surface area (Å²) in [4.78, 5) is 29.8. The molecule has 4 nitrogen and oxygen atoms in total. The van der Waals surface area contributed by atoms with E-state index in [2.05, 4.69) is 0 Å². The molecule has 3 aromatic carbocycles. The Labute approximate surface area is 201 Å². The summed E-state index contributed by atoms with van der Waals surface area (Å²) in [7, 11) is 0. The molecule has 0 radical (unpaired) electrons. The Morgan fingerprint density at radius 2 is 1.76 bits per heavy atom. The number of carbonyl (C=O) groups is 2. The van der Waals surface area contributed by atoms with Crippen LogP contribution in [0, 0.1) is 5.82 Å². The second kappa shape index (κ2) is 7.89. The average Bonchev–Trinajstić information content (AvgIpc) is 3.20. The Bertz CT molecular complexity index is 1270. The summed E-state index contributed by atoms with van der Waals surface area (Å²) in [5, 5.41) is 0.478. The summed E-state index contributed by atoms with van der Waals surface area (Å²) in [5.74, 6) is -1.33. The van der Waals surface area contributed by atoms with Crippen molar-refractivity contribution >= 4 is 40.9 Å². The van der Waals surface area contributed by atoms with Gasteiger partial charge in [0.25, 0.3) is 11.8 Å². The Hall–Kier alpha value is -2.83. The molecule has 0 aliphatic carbocycles. The van der Waals surface area contributed by atoms with Crippen molar-refractivity contribution in [2.24, 2.45) is 0 Å². The predicted molar refractivity (Wildman–Crippen MR) is 130 cm³/mol. The molecule has 1 saturated heterocycles. The number of nitrogens with zero attached hydrogens (tertiary/aromatic N) is 2. The highest BCUT2D eigenvalue weighted by Crippen LogP contribution is 2.60. The monoisotopic (exact) mass is 480 g/mol. The summed E-state index contributed by atoms with van der Waals surface area (Å²) < 4.78 is 14.2. The van der Waals surface area contributed by atoms with Crippen LogP contribution in [0.5, 0.6) is 0 Å². The summed E-state index contributed by atoms with van der Waals surface area (Å²) in [6.07, 6.45) is 0. The molecular formula is C26H22ClFN2O2S. The average molecular weight is 481 g/mol. The molecule has 0 unspecified atom stereocenters. The molecule has 0 N–H and O–H groups in total. The molecule has 1 fully saturated rings. The number of anilines is 1. The predicted octanol–water partition coefficient (Wildman–Crippen LogP) is 5.85. The van der Waals surface area contributed by atoms with Crippen molar-refractivity contribution in [3.05, 3.63) is 100 Å². The number of rotatable bonds is 3. The molecule has 2 aliphatic rings. The van der Waals surface area contributed by atoms with Crippen molar-refractivity contribution < 1.29 is 14.0 Å². The molecule has 7 heteroatoms. The van der Waals surface area contributed by atoms with Crippen LogP contribution in [-0.4, -0.2) is 28.0 Å². The first-order valence-electron chi connectivity index (χ1n) is 10.7. The molecule has 33 heavy (non-hydrogen) atoms. The molecule has 168 valence electrons. The fourth-order valence-electron chi connectivity index (χ4n) is 4.68. The maximum Gasteiger partial charge on any atom is 0.268 e. The molecule has 2 heterocycles. The van der Waals surface area contributed by atoms with Gasteiger partial charge in [0, 0.05) is 21.9 Å². The first kappa shape index (κ1) is 22.0.